The van der Waals surface area contributed by atoms with Gasteiger partial charge in [-0.05, 0) is 20.0 Å². The normalized spacial score (nSPS) is 23.4. The highest BCUT2D eigenvalue weighted by atomic mass is 16.5. The molecule has 1 rings (SSSR count). The van der Waals surface area contributed by atoms with Crippen molar-refractivity contribution in [3.63, 3.8) is 0 Å². The van der Waals surface area contributed by atoms with Crippen LogP contribution in [-0.4, -0.2) is 50.7 Å². The van der Waals surface area contributed by atoms with Crippen LogP contribution < -0.4 is 5.32 Å². The van der Waals surface area contributed by atoms with E-state index in [1.54, 1.807) is 0 Å². The maximum Gasteiger partial charge on any atom is 0.306 e. The lowest BCUT2D eigenvalue weighted by molar-refractivity contribution is -0.140. The summed E-state index contributed by atoms with van der Waals surface area (Å²) in [5.41, 5.74) is 0. The van der Waals surface area contributed by atoms with E-state index in [0.29, 0.717) is 12.5 Å². The van der Waals surface area contributed by atoms with Gasteiger partial charge in [0.05, 0.1) is 13.5 Å². The van der Waals surface area contributed by atoms with Gasteiger partial charge >= 0.3 is 5.97 Å². The van der Waals surface area contributed by atoms with Crippen LogP contribution in [0.2, 0.25) is 0 Å². The van der Waals surface area contributed by atoms with Gasteiger partial charge in [0.2, 0.25) is 0 Å². The highest BCUT2D eigenvalue weighted by molar-refractivity contribution is 5.69. The fraction of sp³-hybridized carbons (Fsp3) is 0.889. The van der Waals surface area contributed by atoms with Gasteiger partial charge in [-0.1, -0.05) is 0 Å². The smallest absolute Gasteiger partial charge is 0.306 e. The van der Waals surface area contributed by atoms with E-state index in [-0.39, 0.29) is 5.97 Å². The predicted octanol–water partition coefficient (Wildman–Crippen LogP) is -0.157. The third-order valence-corrected chi connectivity index (χ3v) is 2.54. The Kier molecular flexibility index (Phi) is 4.18. The van der Waals surface area contributed by atoms with Gasteiger partial charge in [-0.2, -0.15) is 0 Å². The van der Waals surface area contributed by atoms with Gasteiger partial charge in [0, 0.05) is 19.1 Å². The third kappa shape index (κ3) is 3.32. The van der Waals surface area contributed by atoms with Crippen molar-refractivity contribution in [2.45, 2.75) is 18.9 Å². The average Bonchev–Trinajstić information content (AvgIpc) is 2.61. The first-order valence-corrected chi connectivity index (χ1v) is 4.72. The van der Waals surface area contributed by atoms with E-state index in [1.807, 2.05) is 7.05 Å². The number of hydrogen-bond donors (Lipinski definition) is 1. The average molecular weight is 186 g/mol. The topological polar surface area (TPSA) is 41.6 Å². The first-order valence-electron chi connectivity index (χ1n) is 4.72. The van der Waals surface area contributed by atoms with Crippen molar-refractivity contribution in [1.82, 2.24) is 10.2 Å². The number of esters is 1. The van der Waals surface area contributed by atoms with Crippen LogP contribution in [0.5, 0.6) is 0 Å². The van der Waals surface area contributed by atoms with Crippen LogP contribution in [0.3, 0.4) is 0 Å². The summed E-state index contributed by atoms with van der Waals surface area (Å²) in [7, 11) is 3.41. The van der Waals surface area contributed by atoms with Crippen molar-refractivity contribution in [2.24, 2.45) is 0 Å². The van der Waals surface area contributed by atoms with E-state index in [0.717, 1.165) is 19.6 Å². The monoisotopic (exact) mass is 186 g/mol. The molecule has 0 aromatic heterocycles. The molecule has 1 aliphatic rings. The lowest BCUT2D eigenvalue weighted by atomic mass is 10.3. The van der Waals surface area contributed by atoms with Crippen LogP contribution in [0.1, 0.15) is 12.8 Å². The molecular weight excluding hydrogens is 168 g/mol. The molecule has 13 heavy (non-hydrogen) atoms. The summed E-state index contributed by atoms with van der Waals surface area (Å²) in [5.74, 6) is -0.118. The van der Waals surface area contributed by atoms with Crippen LogP contribution in [-0.2, 0) is 9.53 Å². The molecule has 4 heteroatoms. The Morgan fingerprint density at radius 1 is 1.69 bits per heavy atom. The molecule has 0 radical (unpaired) electrons. The van der Waals surface area contributed by atoms with E-state index < -0.39 is 0 Å². The highest BCUT2D eigenvalue weighted by Crippen LogP contribution is 2.08. The molecule has 0 amide bonds. The maximum absolute atomic E-state index is 10.9. The summed E-state index contributed by atoms with van der Waals surface area (Å²) >= 11 is 0. The van der Waals surface area contributed by atoms with Crippen molar-refractivity contribution in [1.29, 1.82) is 0 Å². The van der Waals surface area contributed by atoms with Gasteiger partial charge in [-0.15, -0.1) is 0 Å². The van der Waals surface area contributed by atoms with Gasteiger partial charge in [0.1, 0.15) is 0 Å². The summed E-state index contributed by atoms with van der Waals surface area (Å²) in [5, 5.41) is 3.24. The Morgan fingerprint density at radius 2 is 2.46 bits per heavy atom. The standard InChI is InChI=1S/C9H18N2O2/c1-10-8-3-5-11(7-8)6-4-9(12)13-2/h8,10H,3-7H2,1-2H3. The molecule has 0 bridgehead atoms. The van der Waals surface area contributed by atoms with Crippen molar-refractivity contribution in [3.05, 3.63) is 0 Å². The zero-order valence-electron chi connectivity index (χ0n) is 8.38. The van der Waals surface area contributed by atoms with Gasteiger partial charge < -0.3 is 15.0 Å². The second-order valence-corrected chi connectivity index (χ2v) is 3.40. The van der Waals surface area contributed by atoms with Crippen LogP contribution in [0, 0.1) is 0 Å². The van der Waals surface area contributed by atoms with E-state index >= 15 is 0 Å². The molecule has 1 saturated heterocycles. The predicted molar refractivity (Wildman–Crippen MR) is 50.5 cm³/mol. The summed E-state index contributed by atoms with van der Waals surface area (Å²) in [6.07, 6.45) is 1.69. The summed E-state index contributed by atoms with van der Waals surface area (Å²) in [6, 6.07) is 0.595. The third-order valence-electron chi connectivity index (χ3n) is 2.54. The number of likely N-dealkylation sites (N-methyl/N-ethyl adjacent to an activating group) is 1. The first kappa shape index (κ1) is 10.5. The molecule has 1 atom stereocenters. The summed E-state index contributed by atoms with van der Waals surface area (Å²) in [6.45, 7) is 2.96. The minimum absolute atomic E-state index is 0.118. The number of ether oxygens (including phenoxy) is 1. The second kappa shape index (κ2) is 5.19. The molecule has 1 unspecified atom stereocenters. The van der Waals surface area contributed by atoms with Crippen molar-refractivity contribution in [3.8, 4) is 0 Å². The van der Waals surface area contributed by atoms with E-state index in [9.17, 15) is 4.79 Å². The van der Waals surface area contributed by atoms with Crippen molar-refractivity contribution in [2.75, 3.05) is 33.8 Å². The van der Waals surface area contributed by atoms with E-state index in [4.69, 9.17) is 0 Å². The number of hydrogen-bond acceptors (Lipinski definition) is 4. The van der Waals surface area contributed by atoms with Gasteiger partial charge in [0.15, 0.2) is 0 Å². The zero-order chi connectivity index (χ0) is 9.68. The number of carbonyl (C=O) groups excluding carboxylic acids is 1. The molecule has 0 spiro atoms. The fourth-order valence-corrected chi connectivity index (χ4v) is 1.62. The Morgan fingerprint density at radius 3 is 3.00 bits per heavy atom. The Hall–Kier alpha value is -0.610. The van der Waals surface area contributed by atoms with Crippen LogP contribution in [0.15, 0.2) is 0 Å². The summed E-state index contributed by atoms with van der Waals surface area (Å²) < 4.78 is 4.58. The number of nitrogens with one attached hydrogen (secondary N) is 1. The SMILES string of the molecule is CNC1CCN(CCC(=O)OC)C1. The number of carbonyl (C=O) groups is 1. The summed E-state index contributed by atoms with van der Waals surface area (Å²) in [4.78, 5) is 13.1. The molecular formula is C9H18N2O2. The molecule has 0 aromatic rings. The quantitative estimate of drug-likeness (QED) is 0.620. The van der Waals surface area contributed by atoms with Crippen LogP contribution in [0.25, 0.3) is 0 Å². The van der Waals surface area contributed by atoms with Crippen molar-refractivity contribution >= 4 is 5.97 Å². The number of nitrogens with zero attached hydrogens (tertiary/aromatic N) is 1. The van der Waals surface area contributed by atoms with Gasteiger partial charge in [-0.3, -0.25) is 4.79 Å². The van der Waals surface area contributed by atoms with Crippen molar-refractivity contribution < 1.29 is 9.53 Å². The van der Waals surface area contributed by atoms with E-state index in [1.165, 1.54) is 13.5 Å². The molecule has 4 nitrogen and oxygen atoms in total. The van der Waals surface area contributed by atoms with Crippen LogP contribution >= 0.6 is 0 Å². The minimum Gasteiger partial charge on any atom is -0.469 e. The fourth-order valence-electron chi connectivity index (χ4n) is 1.62. The molecule has 1 fully saturated rings. The lowest BCUT2D eigenvalue weighted by Gasteiger charge is -2.14. The van der Waals surface area contributed by atoms with Gasteiger partial charge in [-0.25, -0.2) is 0 Å². The van der Waals surface area contributed by atoms with E-state index in [2.05, 4.69) is 15.0 Å². The molecule has 1 N–H and O–H groups in total. The Bertz CT molecular complexity index is 173. The first-order chi connectivity index (χ1) is 6.26. The Balaban J connectivity index is 2.13. The maximum atomic E-state index is 10.9. The largest absolute Gasteiger partial charge is 0.469 e. The molecule has 0 aliphatic carbocycles. The zero-order valence-corrected chi connectivity index (χ0v) is 8.38. The highest BCUT2D eigenvalue weighted by Gasteiger charge is 2.20. The number of rotatable bonds is 4. The Labute approximate surface area is 79.2 Å². The molecule has 1 aliphatic heterocycles. The molecule has 0 saturated carbocycles. The minimum atomic E-state index is -0.118. The number of likely N-dealkylation sites (tertiary alicyclic amines) is 1. The number of methoxy groups -OCH3 is 1. The molecule has 76 valence electrons. The molecule has 0 aromatic carbocycles. The second-order valence-electron chi connectivity index (χ2n) is 3.40. The lowest BCUT2D eigenvalue weighted by Crippen LogP contribution is -2.30. The van der Waals surface area contributed by atoms with Gasteiger partial charge in [0.25, 0.3) is 0 Å². The van der Waals surface area contributed by atoms with Crippen LogP contribution in [0.4, 0.5) is 0 Å². The molecule has 1 heterocycles.